The predicted octanol–water partition coefficient (Wildman–Crippen LogP) is 2.32. The highest BCUT2D eigenvalue weighted by Gasteiger charge is 2.38. The maximum Gasteiger partial charge on any atom is 0.224 e. The second-order valence-electron chi connectivity index (χ2n) is 4.59. The Morgan fingerprint density at radius 1 is 1.13 bits per heavy atom. The highest BCUT2D eigenvalue weighted by Crippen LogP contribution is 2.36. The summed E-state index contributed by atoms with van der Waals surface area (Å²) >= 11 is 3.09. The van der Waals surface area contributed by atoms with E-state index in [0.29, 0.717) is 12.0 Å². The van der Waals surface area contributed by atoms with Crippen LogP contribution in [0.15, 0.2) is 0 Å². The summed E-state index contributed by atoms with van der Waals surface area (Å²) in [5.74, 6) is 0.626. The minimum atomic E-state index is -3.04. The minimum absolute atomic E-state index is 0.0726. The van der Waals surface area contributed by atoms with Gasteiger partial charge in [0.15, 0.2) is 0 Å². The van der Waals surface area contributed by atoms with Crippen LogP contribution in [0.4, 0.5) is 0 Å². The molecule has 1 saturated heterocycles. The molecular formula is C10H18BrNO2S. The molecule has 0 spiro atoms. The quantitative estimate of drug-likeness (QED) is 0.733. The standard InChI is InChI=1S/C10H18BrNO2S/c11-8-15(13,14)12-7-3-5-9-4-1-2-6-10(9)12/h9-10H,1-8H2. The van der Waals surface area contributed by atoms with Crippen molar-refractivity contribution in [1.82, 2.24) is 4.31 Å². The zero-order chi connectivity index (χ0) is 10.9. The van der Waals surface area contributed by atoms with E-state index in [1.807, 2.05) is 0 Å². The van der Waals surface area contributed by atoms with Crippen molar-refractivity contribution in [3.63, 3.8) is 0 Å². The van der Waals surface area contributed by atoms with Crippen LogP contribution in [0.1, 0.15) is 38.5 Å². The van der Waals surface area contributed by atoms with Gasteiger partial charge in [-0.25, -0.2) is 8.42 Å². The number of hydrogen-bond donors (Lipinski definition) is 0. The monoisotopic (exact) mass is 295 g/mol. The van der Waals surface area contributed by atoms with E-state index in [4.69, 9.17) is 0 Å². The van der Waals surface area contributed by atoms with Crippen LogP contribution < -0.4 is 0 Å². The molecule has 1 aliphatic heterocycles. The van der Waals surface area contributed by atoms with Gasteiger partial charge >= 0.3 is 0 Å². The zero-order valence-corrected chi connectivity index (χ0v) is 11.3. The smallest absolute Gasteiger partial charge is 0.211 e. The van der Waals surface area contributed by atoms with E-state index < -0.39 is 10.0 Å². The Morgan fingerprint density at radius 3 is 2.53 bits per heavy atom. The third-order valence-electron chi connectivity index (χ3n) is 3.69. The molecular weight excluding hydrogens is 278 g/mol. The summed E-state index contributed by atoms with van der Waals surface area (Å²) in [5, 5.41) is 0. The van der Waals surface area contributed by atoms with E-state index >= 15 is 0 Å². The van der Waals surface area contributed by atoms with Gasteiger partial charge < -0.3 is 0 Å². The highest BCUT2D eigenvalue weighted by molar-refractivity contribution is 9.10. The molecule has 2 aliphatic rings. The SMILES string of the molecule is O=S(=O)(CBr)N1CCCC2CCCCC21. The summed E-state index contributed by atoms with van der Waals surface area (Å²) in [6.07, 6.45) is 7.01. The Morgan fingerprint density at radius 2 is 1.80 bits per heavy atom. The van der Waals surface area contributed by atoms with E-state index in [1.54, 1.807) is 4.31 Å². The fraction of sp³-hybridized carbons (Fsp3) is 1.00. The minimum Gasteiger partial charge on any atom is -0.211 e. The third-order valence-corrected chi connectivity index (χ3v) is 6.87. The lowest BCUT2D eigenvalue weighted by Gasteiger charge is -2.42. The normalized spacial score (nSPS) is 33.7. The molecule has 5 heteroatoms. The predicted molar refractivity (Wildman–Crippen MR) is 64.4 cm³/mol. The first-order valence-electron chi connectivity index (χ1n) is 5.70. The first kappa shape index (κ1) is 11.9. The fourth-order valence-electron chi connectivity index (χ4n) is 2.99. The maximum atomic E-state index is 11.9. The average molecular weight is 296 g/mol. The molecule has 0 N–H and O–H groups in total. The first-order chi connectivity index (χ1) is 7.15. The summed E-state index contributed by atoms with van der Waals surface area (Å²) in [6.45, 7) is 0.731. The number of fused-ring (bicyclic) bond motifs is 1. The van der Waals surface area contributed by atoms with Crippen molar-refractivity contribution in [2.75, 3.05) is 11.2 Å². The van der Waals surface area contributed by atoms with Gasteiger partial charge in [0.05, 0.1) is 0 Å². The molecule has 1 saturated carbocycles. The molecule has 1 aliphatic carbocycles. The number of alkyl halides is 1. The molecule has 2 unspecified atom stereocenters. The Balaban J connectivity index is 2.17. The van der Waals surface area contributed by atoms with Gasteiger partial charge in [0.2, 0.25) is 10.0 Å². The van der Waals surface area contributed by atoms with E-state index in [-0.39, 0.29) is 4.66 Å². The molecule has 0 bridgehead atoms. The van der Waals surface area contributed by atoms with E-state index in [0.717, 1.165) is 19.4 Å². The number of sulfonamides is 1. The molecule has 0 aromatic carbocycles. The highest BCUT2D eigenvalue weighted by atomic mass is 79.9. The van der Waals surface area contributed by atoms with Crippen molar-refractivity contribution < 1.29 is 8.42 Å². The lowest BCUT2D eigenvalue weighted by molar-refractivity contribution is 0.129. The van der Waals surface area contributed by atoms with Crippen molar-refractivity contribution >= 4 is 26.0 Å². The van der Waals surface area contributed by atoms with E-state index in [2.05, 4.69) is 15.9 Å². The number of nitrogens with zero attached hydrogens (tertiary/aromatic N) is 1. The molecule has 15 heavy (non-hydrogen) atoms. The van der Waals surface area contributed by atoms with Crippen molar-refractivity contribution in [3.8, 4) is 0 Å². The lowest BCUT2D eigenvalue weighted by Crippen LogP contribution is -2.49. The molecule has 0 aromatic rings. The maximum absolute atomic E-state index is 11.9. The van der Waals surface area contributed by atoms with Crippen LogP contribution in [0.25, 0.3) is 0 Å². The van der Waals surface area contributed by atoms with Gasteiger partial charge in [0, 0.05) is 12.6 Å². The van der Waals surface area contributed by atoms with Crippen LogP contribution in [-0.2, 0) is 10.0 Å². The summed E-state index contributed by atoms with van der Waals surface area (Å²) in [6, 6.07) is 0.301. The number of rotatable bonds is 2. The summed E-state index contributed by atoms with van der Waals surface area (Å²) in [4.78, 5) is 0. The van der Waals surface area contributed by atoms with Gasteiger partial charge in [-0.2, -0.15) is 4.31 Å². The summed E-state index contributed by atoms with van der Waals surface area (Å²) < 4.78 is 25.6. The Kier molecular flexibility index (Phi) is 3.73. The number of piperidine rings is 1. The fourth-order valence-corrected chi connectivity index (χ4v) is 5.00. The van der Waals surface area contributed by atoms with Gasteiger partial charge in [-0.1, -0.05) is 28.8 Å². The third kappa shape index (κ3) is 2.39. The lowest BCUT2D eigenvalue weighted by atomic mass is 9.79. The summed E-state index contributed by atoms with van der Waals surface area (Å²) in [7, 11) is -3.04. The van der Waals surface area contributed by atoms with Crippen LogP contribution in [0, 0.1) is 5.92 Å². The summed E-state index contributed by atoms with van der Waals surface area (Å²) in [5.41, 5.74) is 0. The van der Waals surface area contributed by atoms with E-state index in [1.165, 1.54) is 25.7 Å². The van der Waals surface area contributed by atoms with Gasteiger partial charge in [0.1, 0.15) is 4.66 Å². The molecule has 2 rings (SSSR count). The Hall–Kier alpha value is 0.390. The van der Waals surface area contributed by atoms with Crippen molar-refractivity contribution in [1.29, 1.82) is 0 Å². The topological polar surface area (TPSA) is 37.4 Å². The largest absolute Gasteiger partial charge is 0.224 e. The zero-order valence-electron chi connectivity index (χ0n) is 8.86. The van der Waals surface area contributed by atoms with E-state index in [9.17, 15) is 8.42 Å². The Bertz CT molecular complexity index is 315. The van der Waals surface area contributed by atoms with Crippen molar-refractivity contribution in [2.45, 2.75) is 44.6 Å². The molecule has 1 heterocycles. The molecule has 2 atom stereocenters. The van der Waals surface area contributed by atoms with Crippen LogP contribution in [0.2, 0.25) is 0 Å². The van der Waals surface area contributed by atoms with Crippen LogP contribution in [0.5, 0.6) is 0 Å². The van der Waals surface area contributed by atoms with Gasteiger partial charge in [-0.05, 0) is 31.6 Å². The van der Waals surface area contributed by atoms with Gasteiger partial charge in [-0.3, -0.25) is 0 Å². The van der Waals surface area contributed by atoms with Crippen molar-refractivity contribution in [3.05, 3.63) is 0 Å². The second-order valence-corrected chi connectivity index (χ2v) is 7.81. The average Bonchev–Trinajstić information content (AvgIpc) is 2.28. The molecule has 3 nitrogen and oxygen atoms in total. The molecule has 0 aromatic heterocycles. The Labute approximate surface area is 100 Å². The van der Waals surface area contributed by atoms with Gasteiger partial charge in [0.25, 0.3) is 0 Å². The molecule has 2 fully saturated rings. The van der Waals surface area contributed by atoms with Crippen molar-refractivity contribution in [2.24, 2.45) is 5.92 Å². The molecule has 0 amide bonds. The first-order valence-corrected chi connectivity index (χ1v) is 8.43. The van der Waals surface area contributed by atoms with Gasteiger partial charge in [-0.15, -0.1) is 0 Å². The molecule has 0 radical (unpaired) electrons. The second kappa shape index (κ2) is 4.72. The number of hydrogen-bond acceptors (Lipinski definition) is 2. The van der Waals surface area contributed by atoms with Crippen LogP contribution >= 0.6 is 15.9 Å². The molecule has 88 valence electrons. The van der Waals surface area contributed by atoms with Crippen LogP contribution in [0.3, 0.4) is 0 Å². The van der Waals surface area contributed by atoms with Crippen LogP contribution in [-0.4, -0.2) is 30.0 Å². The number of halogens is 1.